The van der Waals surface area contributed by atoms with Gasteiger partial charge in [-0.2, -0.15) is 0 Å². The molecule has 2 atom stereocenters. The van der Waals surface area contributed by atoms with E-state index in [1.54, 1.807) is 6.07 Å². The molecule has 0 aliphatic carbocycles. The molecule has 106 valence electrons. The van der Waals surface area contributed by atoms with Crippen LogP contribution in [0.2, 0.25) is 5.02 Å². The number of nitrogens with one attached hydrogen (secondary N) is 1. The standard InChI is InChI=1S/C17H20ClNO/c1-3-16(15-9-4-5-10-17(15)20)19-12(2)13-7-6-8-14(18)11-13/h4-12,16,19-20H,3H2,1-2H3. The molecule has 0 saturated heterocycles. The third-order valence-corrected chi connectivity index (χ3v) is 3.76. The lowest BCUT2D eigenvalue weighted by atomic mass is 10.0. The molecule has 2 aromatic rings. The van der Waals surface area contributed by atoms with E-state index in [0.717, 1.165) is 22.6 Å². The molecule has 0 aliphatic heterocycles. The highest BCUT2D eigenvalue weighted by molar-refractivity contribution is 6.30. The Morgan fingerprint density at radius 1 is 1.15 bits per heavy atom. The first-order valence-corrected chi connectivity index (χ1v) is 7.29. The Bertz CT molecular complexity index is 570. The zero-order valence-electron chi connectivity index (χ0n) is 11.8. The predicted molar refractivity (Wildman–Crippen MR) is 84.1 cm³/mol. The van der Waals surface area contributed by atoms with Crippen LogP contribution in [0.3, 0.4) is 0 Å². The molecule has 3 heteroatoms. The van der Waals surface area contributed by atoms with Crippen molar-refractivity contribution in [2.24, 2.45) is 0 Å². The van der Waals surface area contributed by atoms with Crippen LogP contribution in [0.5, 0.6) is 5.75 Å². The molecule has 0 saturated carbocycles. The summed E-state index contributed by atoms with van der Waals surface area (Å²) in [5, 5.41) is 14.3. The zero-order valence-corrected chi connectivity index (χ0v) is 12.6. The predicted octanol–water partition coefficient (Wildman–Crippen LogP) is 4.85. The van der Waals surface area contributed by atoms with Crippen LogP contribution in [-0.2, 0) is 0 Å². The van der Waals surface area contributed by atoms with Crippen LogP contribution >= 0.6 is 11.6 Å². The van der Waals surface area contributed by atoms with Crippen LogP contribution in [0, 0.1) is 0 Å². The molecule has 2 rings (SSSR count). The minimum absolute atomic E-state index is 0.116. The second-order valence-electron chi connectivity index (χ2n) is 4.96. The Kier molecular flexibility index (Phi) is 5.05. The highest BCUT2D eigenvalue weighted by Gasteiger charge is 2.16. The van der Waals surface area contributed by atoms with Gasteiger partial charge in [-0.15, -0.1) is 0 Å². The second-order valence-corrected chi connectivity index (χ2v) is 5.40. The number of halogens is 1. The molecule has 0 aliphatic rings. The first-order valence-electron chi connectivity index (χ1n) is 6.91. The van der Waals surface area contributed by atoms with Gasteiger partial charge in [0.05, 0.1) is 0 Å². The van der Waals surface area contributed by atoms with Gasteiger partial charge in [0.25, 0.3) is 0 Å². The van der Waals surface area contributed by atoms with E-state index in [4.69, 9.17) is 11.6 Å². The summed E-state index contributed by atoms with van der Waals surface area (Å²) in [6.07, 6.45) is 0.905. The second kappa shape index (κ2) is 6.78. The van der Waals surface area contributed by atoms with Crippen LogP contribution in [0.1, 0.15) is 43.5 Å². The van der Waals surface area contributed by atoms with E-state index in [1.807, 2.05) is 36.4 Å². The molecule has 0 fully saturated rings. The molecule has 0 spiro atoms. The van der Waals surface area contributed by atoms with Crippen molar-refractivity contribution in [3.8, 4) is 5.75 Å². The van der Waals surface area contributed by atoms with Crippen LogP contribution in [0.15, 0.2) is 48.5 Å². The van der Waals surface area contributed by atoms with Crippen LogP contribution in [0.4, 0.5) is 0 Å². The van der Waals surface area contributed by atoms with E-state index in [0.29, 0.717) is 5.75 Å². The van der Waals surface area contributed by atoms with Crippen LogP contribution in [-0.4, -0.2) is 5.11 Å². The van der Waals surface area contributed by atoms with Gasteiger partial charge in [0.15, 0.2) is 0 Å². The third-order valence-electron chi connectivity index (χ3n) is 3.52. The van der Waals surface area contributed by atoms with Gasteiger partial charge in [0.2, 0.25) is 0 Å². The molecule has 0 amide bonds. The van der Waals surface area contributed by atoms with E-state index in [-0.39, 0.29) is 12.1 Å². The van der Waals surface area contributed by atoms with Gasteiger partial charge >= 0.3 is 0 Å². The van der Waals surface area contributed by atoms with Gasteiger partial charge in [-0.05, 0) is 37.1 Å². The maximum atomic E-state index is 9.98. The summed E-state index contributed by atoms with van der Waals surface area (Å²) in [5.41, 5.74) is 2.08. The summed E-state index contributed by atoms with van der Waals surface area (Å²) in [5.74, 6) is 0.338. The fourth-order valence-electron chi connectivity index (χ4n) is 2.38. The summed E-state index contributed by atoms with van der Waals surface area (Å²) in [7, 11) is 0. The topological polar surface area (TPSA) is 32.3 Å². The summed E-state index contributed by atoms with van der Waals surface area (Å²) < 4.78 is 0. The van der Waals surface area contributed by atoms with E-state index in [1.165, 1.54) is 0 Å². The lowest BCUT2D eigenvalue weighted by Gasteiger charge is -2.23. The Morgan fingerprint density at radius 3 is 2.55 bits per heavy atom. The van der Waals surface area contributed by atoms with Gasteiger partial charge in [-0.3, -0.25) is 0 Å². The molecule has 2 N–H and O–H groups in total. The number of para-hydroxylation sites is 1. The monoisotopic (exact) mass is 289 g/mol. The number of phenols is 1. The molecule has 0 radical (unpaired) electrons. The first kappa shape index (κ1) is 14.9. The third kappa shape index (κ3) is 3.53. The number of aromatic hydroxyl groups is 1. The van der Waals surface area contributed by atoms with Gasteiger partial charge < -0.3 is 10.4 Å². The fraction of sp³-hybridized carbons (Fsp3) is 0.294. The summed E-state index contributed by atoms with van der Waals surface area (Å²) >= 11 is 6.03. The molecular weight excluding hydrogens is 270 g/mol. The molecular formula is C17H20ClNO. The maximum Gasteiger partial charge on any atom is 0.120 e. The highest BCUT2D eigenvalue weighted by Crippen LogP contribution is 2.28. The molecule has 2 unspecified atom stereocenters. The number of rotatable bonds is 5. The lowest BCUT2D eigenvalue weighted by molar-refractivity contribution is 0.419. The van der Waals surface area contributed by atoms with Gasteiger partial charge in [0, 0.05) is 22.7 Å². The van der Waals surface area contributed by atoms with E-state index in [2.05, 4.69) is 25.2 Å². The Balaban J connectivity index is 2.16. The van der Waals surface area contributed by atoms with Crippen LogP contribution in [0.25, 0.3) is 0 Å². The van der Waals surface area contributed by atoms with E-state index in [9.17, 15) is 5.11 Å². The van der Waals surface area contributed by atoms with Crippen LogP contribution < -0.4 is 5.32 Å². The Labute approximate surface area is 125 Å². The number of hydrogen-bond donors (Lipinski definition) is 2. The molecule has 0 bridgehead atoms. The zero-order chi connectivity index (χ0) is 14.5. The number of hydrogen-bond acceptors (Lipinski definition) is 2. The molecule has 2 aromatic carbocycles. The molecule has 20 heavy (non-hydrogen) atoms. The summed E-state index contributed by atoms with van der Waals surface area (Å²) in [6.45, 7) is 4.21. The Hall–Kier alpha value is -1.51. The molecule has 0 aromatic heterocycles. The number of benzene rings is 2. The fourth-order valence-corrected chi connectivity index (χ4v) is 2.58. The SMILES string of the molecule is CCC(NC(C)c1cccc(Cl)c1)c1ccccc1O. The van der Waals surface area contributed by atoms with Crippen molar-refractivity contribution >= 4 is 11.6 Å². The minimum Gasteiger partial charge on any atom is -0.508 e. The normalized spacial score (nSPS) is 13.9. The van der Waals surface area contributed by atoms with Crippen molar-refractivity contribution in [1.82, 2.24) is 5.32 Å². The van der Waals surface area contributed by atoms with Crippen molar-refractivity contribution in [2.75, 3.05) is 0 Å². The van der Waals surface area contributed by atoms with Crippen molar-refractivity contribution < 1.29 is 5.11 Å². The summed E-state index contributed by atoms with van der Waals surface area (Å²) in [6, 6.07) is 15.6. The van der Waals surface area contributed by atoms with Crippen molar-refractivity contribution in [2.45, 2.75) is 32.4 Å². The van der Waals surface area contributed by atoms with Gasteiger partial charge in [-0.1, -0.05) is 48.9 Å². The lowest BCUT2D eigenvalue weighted by Crippen LogP contribution is -2.24. The smallest absolute Gasteiger partial charge is 0.120 e. The van der Waals surface area contributed by atoms with Crippen molar-refractivity contribution in [3.63, 3.8) is 0 Å². The van der Waals surface area contributed by atoms with Crippen molar-refractivity contribution in [1.29, 1.82) is 0 Å². The van der Waals surface area contributed by atoms with E-state index < -0.39 is 0 Å². The average Bonchev–Trinajstić information content (AvgIpc) is 2.45. The molecule has 0 heterocycles. The minimum atomic E-state index is 0.116. The highest BCUT2D eigenvalue weighted by atomic mass is 35.5. The summed E-state index contributed by atoms with van der Waals surface area (Å²) in [4.78, 5) is 0. The first-order chi connectivity index (χ1) is 9.61. The Morgan fingerprint density at radius 2 is 1.90 bits per heavy atom. The quantitative estimate of drug-likeness (QED) is 0.825. The average molecular weight is 290 g/mol. The van der Waals surface area contributed by atoms with Crippen molar-refractivity contribution in [3.05, 3.63) is 64.7 Å². The van der Waals surface area contributed by atoms with Gasteiger partial charge in [-0.25, -0.2) is 0 Å². The van der Waals surface area contributed by atoms with Gasteiger partial charge in [0.1, 0.15) is 5.75 Å². The molecule has 2 nitrogen and oxygen atoms in total. The maximum absolute atomic E-state index is 9.98. The van der Waals surface area contributed by atoms with E-state index >= 15 is 0 Å². The largest absolute Gasteiger partial charge is 0.508 e. The number of phenolic OH excluding ortho intramolecular Hbond substituents is 1.